The highest BCUT2D eigenvalue weighted by atomic mass is 32.2. The van der Waals surface area contributed by atoms with Crippen LogP contribution in [0.4, 0.5) is 5.69 Å². The van der Waals surface area contributed by atoms with Gasteiger partial charge in [0.25, 0.3) is 0 Å². The largest absolute Gasteiger partial charge is 0.369 e. The molecule has 2 amide bonds. The number of primary amides is 1. The first-order chi connectivity index (χ1) is 11.0. The number of amides is 2. The molecule has 2 rings (SSSR count). The standard InChI is InChI=1S/C17H25N3O2S/c1-12(23-2)17(22)19-15-8-4-3-6-13(15)10-20-9-5-7-14(11-20)16(18)21/h3-4,6,8,12,14H,5,7,9-11H2,1-2H3,(H2,18,21)(H,19,22)/t12-,14-/m1/s1. The predicted octanol–water partition coefficient (Wildman–Crippen LogP) is 2.07. The Bertz CT molecular complexity index is 565. The third-order valence-electron chi connectivity index (χ3n) is 4.30. The van der Waals surface area contributed by atoms with Gasteiger partial charge in [-0.3, -0.25) is 14.5 Å². The van der Waals surface area contributed by atoms with Crippen LogP contribution >= 0.6 is 11.8 Å². The van der Waals surface area contributed by atoms with E-state index in [0.717, 1.165) is 30.6 Å². The molecule has 0 bridgehead atoms. The molecule has 1 aliphatic rings. The number of piperidine rings is 1. The van der Waals surface area contributed by atoms with Gasteiger partial charge < -0.3 is 11.1 Å². The zero-order chi connectivity index (χ0) is 16.8. The van der Waals surface area contributed by atoms with E-state index in [9.17, 15) is 9.59 Å². The molecule has 0 radical (unpaired) electrons. The van der Waals surface area contributed by atoms with Crippen molar-refractivity contribution in [2.24, 2.45) is 11.7 Å². The topological polar surface area (TPSA) is 75.4 Å². The van der Waals surface area contributed by atoms with E-state index >= 15 is 0 Å². The SMILES string of the molecule is CS[C@H](C)C(=O)Nc1ccccc1CN1CCC[C@@H](C(N)=O)C1. The van der Waals surface area contributed by atoms with Crippen molar-refractivity contribution in [3.63, 3.8) is 0 Å². The molecule has 1 heterocycles. The summed E-state index contributed by atoms with van der Waals surface area (Å²) in [6.07, 6.45) is 3.77. The average molecular weight is 335 g/mol. The van der Waals surface area contributed by atoms with Crippen LogP contribution in [0.3, 0.4) is 0 Å². The number of thioether (sulfide) groups is 1. The van der Waals surface area contributed by atoms with Crippen molar-refractivity contribution >= 4 is 29.3 Å². The number of likely N-dealkylation sites (tertiary alicyclic amines) is 1. The number of anilines is 1. The number of hydrogen-bond acceptors (Lipinski definition) is 4. The second kappa shape index (κ2) is 8.36. The number of carbonyl (C=O) groups is 2. The molecule has 0 aromatic heterocycles. The number of para-hydroxylation sites is 1. The smallest absolute Gasteiger partial charge is 0.237 e. The maximum Gasteiger partial charge on any atom is 0.237 e. The highest BCUT2D eigenvalue weighted by Gasteiger charge is 2.24. The van der Waals surface area contributed by atoms with Crippen molar-refractivity contribution in [2.75, 3.05) is 24.7 Å². The first-order valence-corrected chi connectivity index (χ1v) is 9.23. The van der Waals surface area contributed by atoms with Gasteiger partial charge >= 0.3 is 0 Å². The van der Waals surface area contributed by atoms with E-state index in [1.165, 1.54) is 11.8 Å². The van der Waals surface area contributed by atoms with Crippen molar-refractivity contribution in [2.45, 2.75) is 31.6 Å². The normalized spacial score (nSPS) is 20.0. The second-order valence-corrected chi connectivity index (χ2v) is 7.18. The van der Waals surface area contributed by atoms with Gasteiger partial charge in [0.2, 0.25) is 11.8 Å². The van der Waals surface area contributed by atoms with Crippen LogP contribution in [0.15, 0.2) is 24.3 Å². The number of hydrogen-bond donors (Lipinski definition) is 2. The van der Waals surface area contributed by atoms with Crippen LogP contribution in [0.2, 0.25) is 0 Å². The molecule has 0 saturated carbocycles. The molecule has 2 atom stereocenters. The van der Waals surface area contributed by atoms with E-state index in [4.69, 9.17) is 5.73 Å². The van der Waals surface area contributed by atoms with Crippen molar-refractivity contribution < 1.29 is 9.59 Å². The van der Waals surface area contributed by atoms with E-state index in [1.807, 2.05) is 37.4 Å². The van der Waals surface area contributed by atoms with Gasteiger partial charge in [0.05, 0.1) is 11.2 Å². The number of carbonyl (C=O) groups excluding carboxylic acids is 2. The van der Waals surface area contributed by atoms with Crippen LogP contribution in [0.5, 0.6) is 0 Å². The van der Waals surface area contributed by atoms with Crippen molar-refractivity contribution in [1.82, 2.24) is 4.90 Å². The van der Waals surface area contributed by atoms with Crippen molar-refractivity contribution in [1.29, 1.82) is 0 Å². The molecule has 1 aliphatic heterocycles. The van der Waals surface area contributed by atoms with Crippen LogP contribution in [0.1, 0.15) is 25.3 Å². The average Bonchev–Trinajstić information content (AvgIpc) is 2.56. The fourth-order valence-electron chi connectivity index (χ4n) is 2.79. The maximum atomic E-state index is 12.1. The van der Waals surface area contributed by atoms with Gasteiger partial charge in [-0.15, -0.1) is 0 Å². The van der Waals surface area contributed by atoms with Gasteiger partial charge in [-0.25, -0.2) is 0 Å². The highest BCUT2D eigenvalue weighted by molar-refractivity contribution is 7.99. The Labute approximate surface area is 142 Å². The Morgan fingerprint density at radius 3 is 2.87 bits per heavy atom. The minimum atomic E-state index is -0.218. The molecule has 5 nitrogen and oxygen atoms in total. The Morgan fingerprint density at radius 2 is 2.17 bits per heavy atom. The van der Waals surface area contributed by atoms with E-state index in [1.54, 1.807) is 0 Å². The summed E-state index contributed by atoms with van der Waals surface area (Å²) in [6.45, 7) is 4.25. The summed E-state index contributed by atoms with van der Waals surface area (Å²) in [7, 11) is 0. The van der Waals surface area contributed by atoms with E-state index < -0.39 is 0 Å². The molecule has 126 valence electrons. The third kappa shape index (κ3) is 4.97. The summed E-state index contributed by atoms with van der Waals surface area (Å²) in [5.41, 5.74) is 7.36. The third-order valence-corrected chi connectivity index (χ3v) is 5.22. The predicted molar refractivity (Wildman–Crippen MR) is 95.2 cm³/mol. The molecular formula is C17H25N3O2S. The Morgan fingerprint density at radius 1 is 1.43 bits per heavy atom. The molecule has 1 saturated heterocycles. The summed E-state index contributed by atoms with van der Waals surface area (Å²) in [6, 6.07) is 7.84. The lowest BCUT2D eigenvalue weighted by molar-refractivity contribution is -0.123. The summed E-state index contributed by atoms with van der Waals surface area (Å²) in [5, 5.41) is 2.92. The quantitative estimate of drug-likeness (QED) is 0.834. The summed E-state index contributed by atoms with van der Waals surface area (Å²) >= 11 is 1.52. The molecule has 1 fully saturated rings. The summed E-state index contributed by atoms with van der Waals surface area (Å²) < 4.78 is 0. The molecule has 0 aliphatic carbocycles. The van der Waals surface area contributed by atoms with Gasteiger partial charge in [-0.1, -0.05) is 18.2 Å². The fraction of sp³-hybridized carbons (Fsp3) is 0.529. The molecule has 6 heteroatoms. The van der Waals surface area contributed by atoms with E-state index in [-0.39, 0.29) is 23.0 Å². The zero-order valence-corrected chi connectivity index (χ0v) is 14.6. The van der Waals surface area contributed by atoms with Gasteiger partial charge in [0, 0.05) is 18.8 Å². The molecule has 0 unspecified atom stereocenters. The number of benzene rings is 1. The first-order valence-electron chi connectivity index (χ1n) is 7.94. The Kier molecular flexibility index (Phi) is 6.47. The van der Waals surface area contributed by atoms with Gasteiger partial charge in [-0.2, -0.15) is 11.8 Å². The lowest BCUT2D eigenvalue weighted by atomic mass is 9.97. The van der Waals surface area contributed by atoms with Crippen LogP contribution in [-0.2, 0) is 16.1 Å². The zero-order valence-electron chi connectivity index (χ0n) is 13.7. The monoisotopic (exact) mass is 335 g/mol. The van der Waals surface area contributed by atoms with Crippen LogP contribution in [-0.4, -0.2) is 41.3 Å². The molecule has 1 aromatic carbocycles. The highest BCUT2D eigenvalue weighted by Crippen LogP contribution is 2.22. The second-order valence-electron chi connectivity index (χ2n) is 6.00. The number of nitrogens with two attached hydrogens (primary N) is 1. The minimum absolute atomic E-state index is 0.0126. The molecule has 0 spiro atoms. The lowest BCUT2D eigenvalue weighted by Gasteiger charge is -2.31. The Balaban J connectivity index is 2.05. The molecular weight excluding hydrogens is 310 g/mol. The van der Waals surface area contributed by atoms with Crippen LogP contribution in [0.25, 0.3) is 0 Å². The minimum Gasteiger partial charge on any atom is -0.369 e. The summed E-state index contributed by atoms with van der Waals surface area (Å²) in [5.74, 6) is -0.272. The van der Waals surface area contributed by atoms with Gasteiger partial charge in [0.1, 0.15) is 0 Å². The number of nitrogens with one attached hydrogen (secondary N) is 1. The van der Waals surface area contributed by atoms with E-state index in [2.05, 4.69) is 10.2 Å². The number of rotatable bonds is 6. The van der Waals surface area contributed by atoms with Crippen LogP contribution < -0.4 is 11.1 Å². The molecule has 3 N–H and O–H groups in total. The summed E-state index contributed by atoms with van der Waals surface area (Å²) in [4.78, 5) is 25.8. The first kappa shape index (κ1) is 17.8. The molecule has 23 heavy (non-hydrogen) atoms. The Hall–Kier alpha value is -1.53. The lowest BCUT2D eigenvalue weighted by Crippen LogP contribution is -2.40. The molecule has 1 aromatic rings. The van der Waals surface area contributed by atoms with Gasteiger partial charge in [0.15, 0.2) is 0 Å². The fourth-order valence-corrected chi connectivity index (χ4v) is 3.07. The number of nitrogens with zero attached hydrogens (tertiary/aromatic N) is 1. The maximum absolute atomic E-state index is 12.1. The van der Waals surface area contributed by atoms with Gasteiger partial charge in [-0.05, 0) is 44.2 Å². The van der Waals surface area contributed by atoms with E-state index in [0.29, 0.717) is 13.1 Å². The van der Waals surface area contributed by atoms with Crippen molar-refractivity contribution in [3.8, 4) is 0 Å². The van der Waals surface area contributed by atoms with Crippen LogP contribution in [0, 0.1) is 5.92 Å². The van der Waals surface area contributed by atoms with Crippen molar-refractivity contribution in [3.05, 3.63) is 29.8 Å².